The lowest BCUT2D eigenvalue weighted by molar-refractivity contribution is -0.137. The normalized spacial score (nSPS) is 14.4. The van der Waals surface area contributed by atoms with Crippen molar-refractivity contribution in [3.63, 3.8) is 0 Å². The van der Waals surface area contributed by atoms with Crippen molar-refractivity contribution in [2.75, 3.05) is 7.11 Å². The van der Waals surface area contributed by atoms with Crippen molar-refractivity contribution >= 4 is 11.6 Å². The zero-order valence-electron chi connectivity index (χ0n) is 15.7. The molecule has 0 bridgehead atoms. The standard InChI is InChI=1S/C20H30ClF3O/c1-5-7-8-9-10-12-19(3,11-6-2)16-13-15(20(22,23)24)17(21)14-18(16)25-4/h13-14H,5-12H2,1-4H3. The third-order valence-corrected chi connectivity index (χ3v) is 5.19. The Morgan fingerprint density at radius 3 is 2.08 bits per heavy atom. The predicted molar refractivity (Wildman–Crippen MR) is 98.6 cm³/mol. The van der Waals surface area contributed by atoms with E-state index in [1.165, 1.54) is 38.5 Å². The summed E-state index contributed by atoms with van der Waals surface area (Å²) in [6.07, 6.45) is 3.75. The van der Waals surface area contributed by atoms with Crippen LogP contribution in [0, 0.1) is 0 Å². The molecule has 0 aromatic heterocycles. The molecule has 0 heterocycles. The van der Waals surface area contributed by atoms with Crippen molar-refractivity contribution in [1.29, 1.82) is 0 Å². The molecule has 0 saturated heterocycles. The Hall–Kier alpha value is -0.900. The van der Waals surface area contributed by atoms with Gasteiger partial charge in [0.1, 0.15) is 5.75 Å². The highest BCUT2D eigenvalue weighted by atomic mass is 35.5. The third-order valence-electron chi connectivity index (χ3n) is 4.88. The van der Waals surface area contributed by atoms with E-state index in [9.17, 15) is 13.2 Å². The van der Waals surface area contributed by atoms with Crippen LogP contribution in [0.2, 0.25) is 5.02 Å². The van der Waals surface area contributed by atoms with Crippen molar-refractivity contribution in [2.24, 2.45) is 0 Å². The number of rotatable bonds is 10. The molecule has 0 fully saturated rings. The molecular weight excluding hydrogens is 349 g/mol. The first-order chi connectivity index (χ1) is 11.7. The molecule has 0 aliphatic carbocycles. The second-order valence-corrected chi connectivity index (χ2v) is 7.41. The molecule has 0 spiro atoms. The van der Waals surface area contributed by atoms with Gasteiger partial charge in [-0.15, -0.1) is 0 Å². The van der Waals surface area contributed by atoms with E-state index >= 15 is 0 Å². The van der Waals surface area contributed by atoms with Crippen LogP contribution in [0.3, 0.4) is 0 Å². The highest BCUT2D eigenvalue weighted by molar-refractivity contribution is 6.31. The molecule has 5 heteroatoms. The highest BCUT2D eigenvalue weighted by Crippen LogP contribution is 2.45. The van der Waals surface area contributed by atoms with Crippen LogP contribution in [-0.4, -0.2) is 7.11 Å². The first-order valence-corrected chi connectivity index (χ1v) is 9.52. The van der Waals surface area contributed by atoms with Crippen LogP contribution in [0.1, 0.15) is 83.3 Å². The molecule has 1 atom stereocenters. The second kappa shape index (κ2) is 9.70. The Morgan fingerprint density at radius 2 is 1.56 bits per heavy atom. The molecule has 144 valence electrons. The van der Waals surface area contributed by atoms with Crippen molar-refractivity contribution in [3.8, 4) is 5.75 Å². The van der Waals surface area contributed by atoms with E-state index < -0.39 is 11.7 Å². The van der Waals surface area contributed by atoms with Gasteiger partial charge in [-0.25, -0.2) is 0 Å². The molecule has 1 unspecified atom stereocenters. The summed E-state index contributed by atoms with van der Waals surface area (Å²) in [5.41, 5.74) is -0.515. The van der Waals surface area contributed by atoms with E-state index in [2.05, 4.69) is 13.8 Å². The van der Waals surface area contributed by atoms with Gasteiger partial charge in [0.25, 0.3) is 0 Å². The van der Waals surface area contributed by atoms with Gasteiger partial charge in [0.15, 0.2) is 0 Å². The maximum Gasteiger partial charge on any atom is 0.417 e. The number of hydrogen-bond donors (Lipinski definition) is 0. The van der Waals surface area contributed by atoms with E-state index in [1.54, 1.807) is 0 Å². The molecule has 1 aromatic rings. The first-order valence-electron chi connectivity index (χ1n) is 9.14. The highest BCUT2D eigenvalue weighted by Gasteiger charge is 2.37. The van der Waals surface area contributed by atoms with E-state index in [0.29, 0.717) is 11.3 Å². The molecular formula is C20H30ClF3O. The maximum absolute atomic E-state index is 13.3. The summed E-state index contributed by atoms with van der Waals surface area (Å²) in [5, 5.41) is -0.310. The van der Waals surface area contributed by atoms with Gasteiger partial charge < -0.3 is 4.74 Å². The molecule has 0 aliphatic rings. The van der Waals surface area contributed by atoms with Crippen LogP contribution in [-0.2, 0) is 11.6 Å². The molecule has 0 N–H and O–H groups in total. The minimum absolute atomic E-state index is 0.310. The molecule has 1 nitrogen and oxygen atoms in total. The summed E-state index contributed by atoms with van der Waals surface area (Å²) in [7, 11) is 1.48. The van der Waals surface area contributed by atoms with Crippen LogP contribution < -0.4 is 4.74 Å². The lowest BCUT2D eigenvalue weighted by atomic mass is 9.74. The number of methoxy groups -OCH3 is 1. The fraction of sp³-hybridized carbons (Fsp3) is 0.700. The maximum atomic E-state index is 13.3. The van der Waals surface area contributed by atoms with Crippen molar-refractivity contribution < 1.29 is 17.9 Å². The van der Waals surface area contributed by atoms with Gasteiger partial charge in [-0.05, 0) is 30.4 Å². The fourth-order valence-corrected chi connectivity index (χ4v) is 3.74. The monoisotopic (exact) mass is 378 g/mol. The molecule has 0 radical (unpaired) electrons. The molecule has 0 aliphatic heterocycles. The molecule has 0 saturated carbocycles. The summed E-state index contributed by atoms with van der Waals surface area (Å²) in [5.74, 6) is 0.447. The van der Waals surface area contributed by atoms with Gasteiger partial charge in [-0.3, -0.25) is 0 Å². The van der Waals surface area contributed by atoms with Gasteiger partial charge in [0.2, 0.25) is 0 Å². The number of unbranched alkanes of at least 4 members (excludes halogenated alkanes) is 4. The molecule has 25 heavy (non-hydrogen) atoms. The van der Waals surface area contributed by atoms with Crippen LogP contribution in [0.25, 0.3) is 0 Å². The zero-order valence-corrected chi connectivity index (χ0v) is 16.5. The number of alkyl halides is 3. The average Bonchev–Trinajstić information content (AvgIpc) is 2.53. The average molecular weight is 379 g/mol. The number of ether oxygens (including phenoxy) is 1. The molecule has 1 aromatic carbocycles. The minimum Gasteiger partial charge on any atom is -0.496 e. The summed E-state index contributed by atoms with van der Waals surface area (Å²) < 4.78 is 45.3. The van der Waals surface area contributed by atoms with Crippen molar-refractivity contribution in [2.45, 2.75) is 83.7 Å². The Balaban J connectivity index is 3.19. The Bertz CT molecular complexity index is 542. The van der Waals surface area contributed by atoms with Gasteiger partial charge in [-0.1, -0.05) is 70.9 Å². The minimum atomic E-state index is -4.47. The summed E-state index contributed by atoms with van der Waals surface area (Å²) in [6, 6.07) is 2.51. The first kappa shape index (κ1) is 22.1. The second-order valence-electron chi connectivity index (χ2n) is 7.00. The topological polar surface area (TPSA) is 9.23 Å². The van der Waals surface area contributed by atoms with Gasteiger partial charge >= 0.3 is 6.18 Å². The quantitative estimate of drug-likeness (QED) is 0.377. The third kappa shape index (κ3) is 6.09. The zero-order chi connectivity index (χ0) is 19.1. The molecule has 1 rings (SSSR count). The smallest absolute Gasteiger partial charge is 0.417 e. The van der Waals surface area contributed by atoms with Crippen LogP contribution in [0.15, 0.2) is 12.1 Å². The number of hydrogen-bond acceptors (Lipinski definition) is 1. The van der Waals surface area contributed by atoms with Crippen LogP contribution >= 0.6 is 11.6 Å². The van der Waals surface area contributed by atoms with E-state index in [0.717, 1.165) is 32.1 Å². The Kier molecular flexibility index (Phi) is 8.59. The van der Waals surface area contributed by atoms with Crippen LogP contribution in [0.4, 0.5) is 13.2 Å². The number of halogens is 4. The van der Waals surface area contributed by atoms with E-state index in [-0.39, 0.29) is 10.4 Å². The van der Waals surface area contributed by atoms with Gasteiger partial charge in [-0.2, -0.15) is 13.2 Å². The largest absolute Gasteiger partial charge is 0.496 e. The predicted octanol–water partition coefficient (Wildman–Crippen LogP) is 7.79. The Morgan fingerprint density at radius 1 is 0.920 bits per heavy atom. The lowest BCUT2D eigenvalue weighted by Gasteiger charge is -2.32. The van der Waals surface area contributed by atoms with Gasteiger partial charge in [0.05, 0.1) is 17.7 Å². The SMILES string of the molecule is CCCCCCCC(C)(CCC)c1cc(C(F)(F)F)c(Cl)cc1OC. The summed E-state index contributed by atoms with van der Waals surface area (Å²) in [4.78, 5) is 0. The lowest BCUT2D eigenvalue weighted by Crippen LogP contribution is -2.24. The van der Waals surface area contributed by atoms with Crippen LogP contribution in [0.5, 0.6) is 5.75 Å². The van der Waals surface area contributed by atoms with Gasteiger partial charge in [0, 0.05) is 5.56 Å². The van der Waals surface area contributed by atoms with E-state index in [4.69, 9.17) is 16.3 Å². The summed E-state index contributed by atoms with van der Waals surface area (Å²) >= 11 is 5.85. The fourth-order valence-electron chi connectivity index (χ4n) is 3.48. The van der Waals surface area contributed by atoms with Crippen molar-refractivity contribution in [3.05, 3.63) is 28.3 Å². The number of benzene rings is 1. The van der Waals surface area contributed by atoms with Crippen molar-refractivity contribution in [1.82, 2.24) is 0 Å². The van der Waals surface area contributed by atoms with E-state index in [1.807, 2.05) is 6.92 Å². The molecule has 0 amide bonds. The summed E-state index contributed by atoms with van der Waals surface area (Å²) in [6.45, 7) is 6.27. The Labute approximate surface area is 154 Å².